The maximum Gasteiger partial charge on any atom is 0.341 e. The molecule has 0 heterocycles. The number of rotatable bonds is 8. The van der Waals surface area contributed by atoms with Gasteiger partial charge in [-0.2, -0.15) is 0 Å². The molecule has 1 N–H and O–H groups in total. The van der Waals surface area contributed by atoms with Crippen LogP contribution in [-0.2, 0) is 11.3 Å². The second-order valence-corrected chi connectivity index (χ2v) is 6.29. The zero-order chi connectivity index (χ0) is 20.0. The van der Waals surface area contributed by atoms with Crippen molar-refractivity contribution in [2.45, 2.75) is 27.3 Å². The highest BCUT2D eigenvalue weighted by molar-refractivity contribution is 5.95. The van der Waals surface area contributed by atoms with Gasteiger partial charge in [-0.3, -0.25) is 4.79 Å². The summed E-state index contributed by atoms with van der Waals surface area (Å²) in [6, 6.07) is 11.1. The van der Waals surface area contributed by atoms with E-state index in [-0.39, 0.29) is 5.91 Å². The Kier molecular flexibility index (Phi) is 6.82. The Bertz CT molecular complexity index is 791. The normalized spacial score (nSPS) is 10.4. The minimum Gasteiger partial charge on any atom is -0.497 e. The second-order valence-electron chi connectivity index (χ2n) is 6.29. The van der Waals surface area contributed by atoms with Crippen LogP contribution in [0.1, 0.15) is 34.0 Å². The standard InChI is InChI=1S/C21H25NO5/c1-5-22(12-16-6-8-18(26-4)9-7-16)21(25)17-10-14(2)20(15(3)11-17)27-13-19(23)24/h6-11H,5,12-13H2,1-4H3,(H,23,24). The van der Waals surface area contributed by atoms with E-state index >= 15 is 0 Å². The van der Waals surface area contributed by atoms with Gasteiger partial charge in [0.05, 0.1) is 7.11 Å². The highest BCUT2D eigenvalue weighted by atomic mass is 16.5. The molecule has 0 radical (unpaired) electrons. The van der Waals surface area contributed by atoms with E-state index in [2.05, 4.69) is 0 Å². The molecule has 0 unspecified atom stereocenters. The Morgan fingerprint density at radius 1 is 1.07 bits per heavy atom. The topological polar surface area (TPSA) is 76.1 Å². The van der Waals surface area contributed by atoms with Gasteiger partial charge in [-0.25, -0.2) is 4.79 Å². The van der Waals surface area contributed by atoms with Crippen LogP contribution in [-0.4, -0.2) is 42.1 Å². The number of benzene rings is 2. The van der Waals surface area contributed by atoms with E-state index in [4.69, 9.17) is 14.6 Å². The zero-order valence-electron chi connectivity index (χ0n) is 16.1. The summed E-state index contributed by atoms with van der Waals surface area (Å²) in [5, 5.41) is 8.78. The molecule has 0 saturated heterocycles. The summed E-state index contributed by atoms with van der Waals surface area (Å²) in [4.78, 5) is 25.4. The molecule has 144 valence electrons. The molecule has 2 rings (SSSR count). The monoisotopic (exact) mass is 371 g/mol. The third-order valence-electron chi connectivity index (χ3n) is 4.25. The smallest absolute Gasteiger partial charge is 0.341 e. The van der Waals surface area contributed by atoms with Crippen molar-refractivity contribution >= 4 is 11.9 Å². The van der Waals surface area contributed by atoms with Gasteiger partial charge in [-0.05, 0) is 61.7 Å². The lowest BCUT2D eigenvalue weighted by Crippen LogP contribution is -2.30. The lowest BCUT2D eigenvalue weighted by Gasteiger charge is -2.22. The molecule has 1 amide bonds. The molecule has 0 aliphatic rings. The average Bonchev–Trinajstić information content (AvgIpc) is 2.65. The number of hydrogen-bond donors (Lipinski definition) is 1. The molecule has 0 fully saturated rings. The van der Waals surface area contributed by atoms with Crippen LogP contribution in [0, 0.1) is 13.8 Å². The third kappa shape index (κ3) is 5.23. The number of methoxy groups -OCH3 is 1. The second kappa shape index (κ2) is 9.07. The Morgan fingerprint density at radius 2 is 1.67 bits per heavy atom. The molecule has 0 bridgehead atoms. The highest BCUT2D eigenvalue weighted by Crippen LogP contribution is 2.26. The summed E-state index contributed by atoms with van der Waals surface area (Å²) in [5.41, 5.74) is 3.05. The lowest BCUT2D eigenvalue weighted by molar-refractivity contribution is -0.139. The Labute approximate surface area is 159 Å². The van der Waals surface area contributed by atoms with Crippen LogP contribution >= 0.6 is 0 Å². The van der Waals surface area contributed by atoms with Crippen LogP contribution in [0.15, 0.2) is 36.4 Å². The molecule has 0 spiro atoms. The van der Waals surface area contributed by atoms with E-state index in [9.17, 15) is 9.59 Å². The fourth-order valence-electron chi connectivity index (χ4n) is 2.90. The number of ether oxygens (including phenoxy) is 2. The first-order valence-electron chi connectivity index (χ1n) is 8.73. The third-order valence-corrected chi connectivity index (χ3v) is 4.25. The number of carbonyl (C=O) groups excluding carboxylic acids is 1. The number of aryl methyl sites for hydroxylation is 2. The maximum atomic E-state index is 13.0. The van der Waals surface area contributed by atoms with Gasteiger partial charge in [0.15, 0.2) is 6.61 Å². The Hall–Kier alpha value is -3.02. The molecule has 6 heteroatoms. The van der Waals surface area contributed by atoms with Crippen LogP contribution in [0.4, 0.5) is 0 Å². The minimum atomic E-state index is -1.04. The molecule has 0 aromatic heterocycles. The number of carbonyl (C=O) groups is 2. The lowest BCUT2D eigenvalue weighted by atomic mass is 10.0. The van der Waals surface area contributed by atoms with Crippen molar-refractivity contribution < 1.29 is 24.2 Å². The van der Waals surface area contributed by atoms with Gasteiger partial charge in [0.25, 0.3) is 5.91 Å². The molecule has 2 aromatic rings. The van der Waals surface area contributed by atoms with Gasteiger partial charge in [0.2, 0.25) is 0 Å². The first-order valence-corrected chi connectivity index (χ1v) is 8.73. The summed E-state index contributed by atoms with van der Waals surface area (Å²) in [6.07, 6.45) is 0. The fraction of sp³-hybridized carbons (Fsp3) is 0.333. The van der Waals surface area contributed by atoms with Crippen LogP contribution < -0.4 is 9.47 Å². The van der Waals surface area contributed by atoms with Crippen molar-refractivity contribution in [3.63, 3.8) is 0 Å². The minimum absolute atomic E-state index is 0.0793. The highest BCUT2D eigenvalue weighted by Gasteiger charge is 2.18. The summed E-state index contributed by atoms with van der Waals surface area (Å²) in [7, 11) is 1.62. The Balaban J connectivity index is 2.19. The number of nitrogens with zero attached hydrogens (tertiary/aromatic N) is 1. The predicted molar refractivity (Wildman–Crippen MR) is 102 cm³/mol. The van der Waals surface area contributed by atoms with Crippen molar-refractivity contribution in [3.8, 4) is 11.5 Å². The van der Waals surface area contributed by atoms with E-state index in [1.54, 1.807) is 38.0 Å². The van der Waals surface area contributed by atoms with Crippen molar-refractivity contribution in [3.05, 3.63) is 58.7 Å². The first-order chi connectivity index (χ1) is 12.8. The molecule has 6 nitrogen and oxygen atoms in total. The summed E-state index contributed by atoms with van der Waals surface area (Å²) in [6.45, 7) is 6.20. The van der Waals surface area contributed by atoms with E-state index in [1.807, 2.05) is 31.2 Å². The SMILES string of the molecule is CCN(Cc1ccc(OC)cc1)C(=O)c1cc(C)c(OCC(=O)O)c(C)c1. The van der Waals surface area contributed by atoms with Crippen molar-refractivity contribution in [1.29, 1.82) is 0 Å². The summed E-state index contributed by atoms with van der Waals surface area (Å²) >= 11 is 0. The molecular weight excluding hydrogens is 346 g/mol. The number of hydrogen-bond acceptors (Lipinski definition) is 4. The fourth-order valence-corrected chi connectivity index (χ4v) is 2.90. The van der Waals surface area contributed by atoms with E-state index in [0.29, 0.717) is 24.4 Å². The van der Waals surface area contributed by atoms with E-state index in [1.165, 1.54) is 0 Å². The molecule has 0 aliphatic heterocycles. The number of aliphatic carboxylic acids is 1. The summed E-state index contributed by atoms with van der Waals surface area (Å²) < 4.78 is 10.5. The van der Waals surface area contributed by atoms with Gasteiger partial charge < -0.3 is 19.5 Å². The quantitative estimate of drug-likeness (QED) is 0.769. The predicted octanol–water partition coefficient (Wildman–Crippen LogP) is 3.44. The zero-order valence-corrected chi connectivity index (χ0v) is 16.1. The first kappa shape index (κ1) is 20.3. The van der Waals surface area contributed by atoms with Crippen molar-refractivity contribution in [2.75, 3.05) is 20.3 Å². The largest absolute Gasteiger partial charge is 0.497 e. The van der Waals surface area contributed by atoms with Gasteiger partial charge in [-0.15, -0.1) is 0 Å². The number of amides is 1. The van der Waals surface area contributed by atoms with Crippen LogP contribution in [0.2, 0.25) is 0 Å². The van der Waals surface area contributed by atoms with E-state index in [0.717, 1.165) is 22.4 Å². The Morgan fingerprint density at radius 3 is 2.15 bits per heavy atom. The summed E-state index contributed by atoms with van der Waals surface area (Å²) in [5.74, 6) is 0.165. The average molecular weight is 371 g/mol. The molecule has 0 saturated carbocycles. The van der Waals surface area contributed by atoms with Gasteiger partial charge in [0, 0.05) is 18.7 Å². The van der Waals surface area contributed by atoms with Gasteiger partial charge >= 0.3 is 5.97 Å². The maximum absolute atomic E-state index is 13.0. The molecule has 2 aromatic carbocycles. The molecule has 0 aliphatic carbocycles. The van der Waals surface area contributed by atoms with Gasteiger partial charge in [-0.1, -0.05) is 12.1 Å². The van der Waals surface area contributed by atoms with Crippen molar-refractivity contribution in [2.24, 2.45) is 0 Å². The van der Waals surface area contributed by atoms with E-state index < -0.39 is 12.6 Å². The van der Waals surface area contributed by atoms with Crippen LogP contribution in [0.3, 0.4) is 0 Å². The van der Waals surface area contributed by atoms with Crippen LogP contribution in [0.5, 0.6) is 11.5 Å². The molecule has 0 atom stereocenters. The molecular formula is C21H25NO5. The van der Waals surface area contributed by atoms with Crippen LogP contribution in [0.25, 0.3) is 0 Å². The van der Waals surface area contributed by atoms with Crippen molar-refractivity contribution in [1.82, 2.24) is 4.90 Å². The number of carboxylic acid groups (broad SMARTS) is 1. The number of carboxylic acids is 1. The molecule has 27 heavy (non-hydrogen) atoms. The van der Waals surface area contributed by atoms with Gasteiger partial charge in [0.1, 0.15) is 11.5 Å².